The van der Waals surface area contributed by atoms with Gasteiger partial charge in [0.05, 0.1) is 13.1 Å². The molecule has 0 aliphatic carbocycles. The summed E-state index contributed by atoms with van der Waals surface area (Å²) in [5, 5.41) is 13.7. The monoisotopic (exact) mass is 255 g/mol. The van der Waals surface area contributed by atoms with Gasteiger partial charge in [0, 0.05) is 14.1 Å². The van der Waals surface area contributed by atoms with Crippen LogP contribution in [0.1, 0.15) is 19.7 Å². The molecule has 2 N–H and O–H groups in total. The van der Waals surface area contributed by atoms with Gasteiger partial charge in [-0.2, -0.15) is 0 Å². The van der Waals surface area contributed by atoms with Gasteiger partial charge in [-0.15, -0.1) is 5.10 Å². The Morgan fingerprint density at radius 1 is 1.39 bits per heavy atom. The SMILES string of the molecule is CC(C)CNCc1nnc(NCC(=O)N(C)C)o1. The summed E-state index contributed by atoms with van der Waals surface area (Å²) >= 11 is 0. The van der Waals surface area contributed by atoms with E-state index in [9.17, 15) is 4.79 Å². The highest BCUT2D eigenvalue weighted by molar-refractivity contribution is 5.79. The van der Waals surface area contributed by atoms with Crippen molar-refractivity contribution >= 4 is 11.9 Å². The highest BCUT2D eigenvalue weighted by atomic mass is 16.4. The Bertz CT molecular complexity index is 375. The highest BCUT2D eigenvalue weighted by Crippen LogP contribution is 2.04. The molecule has 0 saturated carbocycles. The van der Waals surface area contributed by atoms with Gasteiger partial charge in [-0.05, 0) is 12.5 Å². The van der Waals surface area contributed by atoms with Crippen molar-refractivity contribution in [2.75, 3.05) is 32.5 Å². The normalized spacial score (nSPS) is 10.7. The molecule has 102 valence electrons. The van der Waals surface area contributed by atoms with Crippen molar-refractivity contribution in [2.24, 2.45) is 5.92 Å². The molecule has 1 rings (SSSR count). The molecule has 0 aliphatic rings. The van der Waals surface area contributed by atoms with E-state index in [4.69, 9.17) is 4.42 Å². The molecule has 1 heterocycles. The molecule has 0 radical (unpaired) electrons. The zero-order chi connectivity index (χ0) is 13.5. The average molecular weight is 255 g/mol. The second-order valence-corrected chi connectivity index (χ2v) is 4.67. The van der Waals surface area contributed by atoms with E-state index in [1.165, 1.54) is 4.90 Å². The number of nitrogens with zero attached hydrogens (tertiary/aromatic N) is 3. The van der Waals surface area contributed by atoms with Gasteiger partial charge in [0.25, 0.3) is 0 Å². The van der Waals surface area contributed by atoms with Crippen molar-refractivity contribution in [2.45, 2.75) is 20.4 Å². The number of hydrogen-bond acceptors (Lipinski definition) is 6. The van der Waals surface area contributed by atoms with E-state index in [2.05, 4.69) is 34.7 Å². The summed E-state index contributed by atoms with van der Waals surface area (Å²) in [6.07, 6.45) is 0. The topological polar surface area (TPSA) is 83.3 Å². The Kier molecular flexibility index (Phi) is 5.57. The van der Waals surface area contributed by atoms with Gasteiger partial charge in [0.15, 0.2) is 0 Å². The van der Waals surface area contributed by atoms with E-state index < -0.39 is 0 Å². The van der Waals surface area contributed by atoms with Crippen molar-refractivity contribution in [1.82, 2.24) is 20.4 Å². The van der Waals surface area contributed by atoms with Gasteiger partial charge in [-0.25, -0.2) is 0 Å². The summed E-state index contributed by atoms with van der Waals surface area (Å²) in [6.45, 7) is 5.83. The summed E-state index contributed by atoms with van der Waals surface area (Å²) in [5.74, 6) is 1.03. The second kappa shape index (κ2) is 6.95. The molecule has 18 heavy (non-hydrogen) atoms. The lowest BCUT2D eigenvalue weighted by Gasteiger charge is -2.09. The van der Waals surface area contributed by atoms with Crippen LogP contribution in [0.5, 0.6) is 0 Å². The lowest BCUT2D eigenvalue weighted by molar-refractivity contribution is -0.126. The van der Waals surface area contributed by atoms with Crippen molar-refractivity contribution < 1.29 is 9.21 Å². The van der Waals surface area contributed by atoms with E-state index in [0.29, 0.717) is 18.4 Å². The molecular formula is C11H21N5O2. The first kappa shape index (κ1) is 14.4. The second-order valence-electron chi connectivity index (χ2n) is 4.67. The fourth-order valence-electron chi connectivity index (χ4n) is 1.17. The number of rotatable bonds is 7. The maximum atomic E-state index is 11.3. The van der Waals surface area contributed by atoms with Gasteiger partial charge in [0.1, 0.15) is 0 Å². The minimum Gasteiger partial charge on any atom is -0.407 e. The van der Waals surface area contributed by atoms with Crippen LogP contribution in [0, 0.1) is 5.92 Å². The molecule has 0 saturated heterocycles. The van der Waals surface area contributed by atoms with Gasteiger partial charge >= 0.3 is 6.01 Å². The summed E-state index contributed by atoms with van der Waals surface area (Å²) in [7, 11) is 3.39. The van der Waals surface area contributed by atoms with Crippen molar-refractivity contribution in [3.8, 4) is 0 Å². The Hall–Kier alpha value is -1.63. The van der Waals surface area contributed by atoms with Crippen LogP contribution in [0.4, 0.5) is 6.01 Å². The number of carbonyl (C=O) groups is 1. The maximum absolute atomic E-state index is 11.3. The highest BCUT2D eigenvalue weighted by Gasteiger charge is 2.08. The molecule has 1 amide bonds. The lowest BCUT2D eigenvalue weighted by Crippen LogP contribution is -2.28. The van der Waals surface area contributed by atoms with Crippen molar-refractivity contribution in [3.63, 3.8) is 0 Å². The first-order valence-electron chi connectivity index (χ1n) is 5.96. The summed E-state index contributed by atoms with van der Waals surface area (Å²) in [4.78, 5) is 12.8. The predicted octanol–water partition coefficient (Wildman–Crippen LogP) is 0.315. The van der Waals surface area contributed by atoms with Gasteiger partial charge in [-0.3, -0.25) is 4.79 Å². The van der Waals surface area contributed by atoms with E-state index in [1.807, 2.05) is 0 Å². The number of anilines is 1. The van der Waals surface area contributed by atoms with Crippen LogP contribution in [0.2, 0.25) is 0 Å². The van der Waals surface area contributed by atoms with Crippen LogP contribution in [0.15, 0.2) is 4.42 Å². The number of amides is 1. The number of likely N-dealkylation sites (N-methyl/N-ethyl adjacent to an activating group) is 1. The Morgan fingerprint density at radius 2 is 2.11 bits per heavy atom. The number of carbonyl (C=O) groups excluding carboxylic acids is 1. The van der Waals surface area contributed by atoms with Gasteiger partial charge in [-0.1, -0.05) is 18.9 Å². The van der Waals surface area contributed by atoms with Crippen LogP contribution in [0.25, 0.3) is 0 Å². The molecule has 0 fully saturated rings. The minimum atomic E-state index is -0.0484. The van der Waals surface area contributed by atoms with Crippen LogP contribution in [-0.2, 0) is 11.3 Å². The lowest BCUT2D eigenvalue weighted by atomic mass is 10.2. The standard InChI is InChI=1S/C11H21N5O2/c1-8(2)5-12-6-9-14-15-11(18-9)13-7-10(17)16(3)4/h8,12H,5-7H2,1-4H3,(H,13,15). The van der Waals surface area contributed by atoms with E-state index in [0.717, 1.165) is 6.54 Å². The average Bonchev–Trinajstić information content (AvgIpc) is 2.73. The minimum absolute atomic E-state index is 0.0484. The van der Waals surface area contributed by atoms with E-state index in [1.54, 1.807) is 14.1 Å². The number of hydrogen-bond donors (Lipinski definition) is 2. The Labute approximate surface area is 107 Å². The molecule has 0 atom stereocenters. The number of nitrogens with one attached hydrogen (secondary N) is 2. The van der Waals surface area contributed by atoms with E-state index in [-0.39, 0.29) is 18.5 Å². The zero-order valence-electron chi connectivity index (χ0n) is 11.4. The molecule has 7 nitrogen and oxygen atoms in total. The molecule has 0 aromatic carbocycles. The molecule has 1 aromatic rings. The van der Waals surface area contributed by atoms with Crippen molar-refractivity contribution in [3.05, 3.63) is 5.89 Å². The smallest absolute Gasteiger partial charge is 0.315 e. The largest absolute Gasteiger partial charge is 0.407 e. The molecule has 1 aromatic heterocycles. The fraction of sp³-hybridized carbons (Fsp3) is 0.727. The molecule has 0 unspecified atom stereocenters. The van der Waals surface area contributed by atoms with Crippen LogP contribution < -0.4 is 10.6 Å². The van der Waals surface area contributed by atoms with Crippen LogP contribution in [0.3, 0.4) is 0 Å². The van der Waals surface area contributed by atoms with Gasteiger partial charge < -0.3 is 20.0 Å². The van der Waals surface area contributed by atoms with E-state index >= 15 is 0 Å². The zero-order valence-corrected chi connectivity index (χ0v) is 11.4. The van der Waals surface area contributed by atoms with Crippen LogP contribution >= 0.6 is 0 Å². The third kappa shape index (κ3) is 5.13. The fourth-order valence-corrected chi connectivity index (χ4v) is 1.17. The molecule has 7 heteroatoms. The summed E-state index contributed by atoms with van der Waals surface area (Å²) < 4.78 is 5.33. The third-order valence-corrected chi connectivity index (χ3v) is 2.19. The quantitative estimate of drug-likeness (QED) is 0.730. The van der Waals surface area contributed by atoms with Crippen molar-refractivity contribution in [1.29, 1.82) is 0 Å². The Morgan fingerprint density at radius 3 is 2.72 bits per heavy atom. The first-order valence-corrected chi connectivity index (χ1v) is 5.96. The van der Waals surface area contributed by atoms with Gasteiger partial charge in [0.2, 0.25) is 11.8 Å². The third-order valence-electron chi connectivity index (χ3n) is 2.19. The molecule has 0 aliphatic heterocycles. The maximum Gasteiger partial charge on any atom is 0.315 e. The Balaban J connectivity index is 2.32. The molecule has 0 spiro atoms. The summed E-state index contributed by atoms with van der Waals surface area (Å²) in [5.41, 5.74) is 0. The van der Waals surface area contributed by atoms with Crippen LogP contribution in [-0.4, -0.2) is 48.2 Å². The molecular weight excluding hydrogens is 234 g/mol. The predicted molar refractivity (Wildman–Crippen MR) is 68.0 cm³/mol. The summed E-state index contributed by atoms with van der Waals surface area (Å²) in [6, 6.07) is 0.270. The molecule has 0 bridgehead atoms. The number of aromatic nitrogens is 2. The first-order chi connectivity index (χ1) is 8.49.